The Bertz CT molecular complexity index is 444. The fraction of sp³-hybridized carbons (Fsp3) is 0.333. The Balaban J connectivity index is 2.13. The summed E-state index contributed by atoms with van der Waals surface area (Å²) in [5, 5.41) is 2.57. The number of hydrogen-bond donors (Lipinski definition) is 1. The summed E-state index contributed by atoms with van der Waals surface area (Å²) in [5.41, 5.74) is 1.02. The zero-order valence-electron chi connectivity index (χ0n) is 9.44. The third kappa shape index (κ3) is 2.66. The molecule has 2 amide bonds. The number of benzene rings is 1. The van der Waals surface area contributed by atoms with Crippen LogP contribution in [0.25, 0.3) is 0 Å². The van der Waals surface area contributed by atoms with Gasteiger partial charge in [0.25, 0.3) is 0 Å². The number of halogens is 1. The monoisotopic (exact) mass is 296 g/mol. The molecule has 1 unspecified atom stereocenters. The second-order valence-corrected chi connectivity index (χ2v) is 4.96. The van der Waals surface area contributed by atoms with E-state index < -0.39 is 6.04 Å². The Morgan fingerprint density at radius 2 is 2.00 bits per heavy atom. The molecule has 1 fully saturated rings. The van der Waals surface area contributed by atoms with E-state index in [1.807, 2.05) is 24.3 Å². The van der Waals surface area contributed by atoms with E-state index in [9.17, 15) is 9.59 Å². The minimum atomic E-state index is -0.403. The molecule has 1 heterocycles. The first kappa shape index (κ1) is 12.1. The highest BCUT2D eigenvalue weighted by Gasteiger charge is 2.30. The maximum atomic E-state index is 11.7. The fourth-order valence-electron chi connectivity index (χ4n) is 1.78. The molecule has 0 aromatic heterocycles. The number of nitrogens with one attached hydrogen (secondary N) is 1. The molecule has 0 bridgehead atoms. The number of hydrogen-bond acceptors (Lipinski definition) is 2. The molecule has 17 heavy (non-hydrogen) atoms. The maximum absolute atomic E-state index is 11.7. The Morgan fingerprint density at radius 3 is 2.65 bits per heavy atom. The quantitative estimate of drug-likeness (QED) is 0.894. The first-order valence-electron chi connectivity index (χ1n) is 5.39. The van der Waals surface area contributed by atoms with Crippen LogP contribution in [0.3, 0.4) is 0 Å². The van der Waals surface area contributed by atoms with Crippen LogP contribution in [-0.2, 0) is 16.1 Å². The largest absolute Gasteiger partial charge is 0.345 e. The average molecular weight is 297 g/mol. The molecule has 2 rings (SSSR count). The van der Waals surface area contributed by atoms with Crippen molar-refractivity contribution in [2.75, 3.05) is 6.54 Å². The van der Waals surface area contributed by atoms with Gasteiger partial charge in [0.2, 0.25) is 11.8 Å². The van der Waals surface area contributed by atoms with Crippen molar-refractivity contribution in [1.82, 2.24) is 10.2 Å². The Hall–Kier alpha value is -1.36. The number of amides is 2. The third-order valence-electron chi connectivity index (χ3n) is 2.85. The summed E-state index contributed by atoms with van der Waals surface area (Å²) in [6.45, 7) is 2.31. The van der Waals surface area contributed by atoms with Crippen LogP contribution in [0.4, 0.5) is 0 Å². The molecule has 0 aliphatic carbocycles. The zero-order chi connectivity index (χ0) is 12.4. The summed E-state index contributed by atoms with van der Waals surface area (Å²) in [6.07, 6.45) is 0. The minimum absolute atomic E-state index is 0.0416. The molecule has 1 N–H and O–H groups in total. The first-order chi connectivity index (χ1) is 8.08. The van der Waals surface area contributed by atoms with Crippen molar-refractivity contribution in [3.05, 3.63) is 34.3 Å². The predicted molar refractivity (Wildman–Crippen MR) is 67.2 cm³/mol. The van der Waals surface area contributed by atoms with Crippen LogP contribution in [0.5, 0.6) is 0 Å². The number of carbonyl (C=O) groups excluding carboxylic acids is 2. The second kappa shape index (κ2) is 4.87. The van der Waals surface area contributed by atoms with Crippen LogP contribution in [0.2, 0.25) is 0 Å². The van der Waals surface area contributed by atoms with Gasteiger partial charge < -0.3 is 10.2 Å². The van der Waals surface area contributed by atoms with Gasteiger partial charge in [0.05, 0.1) is 6.54 Å². The standard InChI is InChI=1S/C12H13BrN2O2/c1-8-12(17)14-6-11(16)15(8)7-9-2-4-10(13)5-3-9/h2-5,8H,6-7H2,1H3,(H,14,17). The molecule has 1 aliphatic heterocycles. The molecular formula is C12H13BrN2O2. The van der Waals surface area contributed by atoms with E-state index in [0.29, 0.717) is 6.54 Å². The summed E-state index contributed by atoms with van der Waals surface area (Å²) in [6, 6.07) is 7.33. The molecule has 1 saturated heterocycles. The molecule has 0 saturated carbocycles. The fourth-order valence-corrected chi connectivity index (χ4v) is 2.05. The van der Waals surface area contributed by atoms with E-state index in [1.165, 1.54) is 0 Å². The molecule has 1 aliphatic rings. The number of carbonyl (C=O) groups is 2. The molecule has 1 aromatic carbocycles. The summed E-state index contributed by atoms with van der Waals surface area (Å²) in [7, 11) is 0. The highest BCUT2D eigenvalue weighted by molar-refractivity contribution is 9.10. The summed E-state index contributed by atoms with van der Waals surface area (Å²) in [4.78, 5) is 24.8. The first-order valence-corrected chi connectivity index (χ1v) is 6.19. The lowest BCUT2D eigenvalue weighted by molar-refractivity contribution is -0.145. The number of nitrogens with zero attached hydrogens (tertiary/aromatic N) is 1. The molecule has 0 radical (unpaired) electrons. The maximum Gasteiger partial charge on any atom is 0.242 e. The smallest absolute Gasteiger partial charge is 0.242 e. The van der Waals surface area contributed by atoms with Crippen molar-refractivity contribution in [3.63, 3.8) is 0 Å². The van der Waals surface area contributed by atoms with Crippen LogP contribution < -0.4 is 5.32 Å². The third-order valence-corrected chi connectivity index (χ3v) is 3.38. The topological polar surface area (TPSA) is 49.4 Å². The van der Waals surface area contributed by atoms with Gasteiger partial charge in [-0.1, -0.05) is 28.1 Å². The molecule has 5 heteroatoms. The van der Waals surface area contributed by atoms with Crippen molar-refractivity contribution in [2.24, 2.45) is 0 Å². The molecule has 4 nitrogen and oxygen atoms in total. The highest BCUT2D eigenvalue weighted by Crippen LogP contribution is 2.15. The van der Waals surface area contributed by atoms with E-state index in [2.05, 4.69) is 21.2 Å². The van der Waals surface area contributed by atoms with Crippen LogP contribution in [0.15, 0.2) is 28.7 Å². The van der Waals surface area contributed by atoms with E-state index >= 15 is 0 Å². The van der Waals surface area contributed by atoms with Gasteiger partial charge in [0.1, 0.15) is 6.04 Å². The van der Waals surface area contributed by atoms with Crippen LogP contribution in [-0.4, -0.2) is 29.3 Å². The van der Waals surface area contributed by atoms with Gasteiger partial charge in [-0.25, -0.2) is 0 Å². The van der Waals surface area contributed by atoms with Gasteiger partial charge in [0, 0.05) is 11.0 Å². The van der Waals surface area contributed by atoms with Gasteiger partial charge in [-0.05, 0) is 24.6 Å². The van der Waals surface area contributed by atoms with Crippen molar-refractivity contribution in [3.8, 4) is 0 Å². The normalized spacial score (nSPS) is 20.4. The minimum Gasteiger partial charge on any atom is -0.345 e. The van der Waals surface area contributed by atoms with Crippen LogP contribution in [0.1, 0.15) is 12.5 Å². The average Bonchev–Trinajstić information content (AvgIpc) is 2.32. The zero-order valence-corrected chi connectivity index (χ0v) is 11.0. The van der Waals surface area contributed by atoms with Crippen LogP contribution >= 0.6 is 15.9 Å². The molecule has 90 valence electrons. The Labute approximate surface area is 108 Å². The van der Waals surface area contributed by atoms with E-state index in [1.54, 1.807) is 11.8 Å². The van der Waals surface area contributed by atoms with Crippen molar-refractivity contribution in [1.29, 1.82) is 0 Å². The Kier molecular flexibility index (Phi) is 3.47. The summed E-state index contributed by atoms with van der Waals surface area (Å²) in [5.74, 6) is -0.137. The van der Waals surface area contributed by atoms with Gasteiger partial charge in [0.15, 0.2) is 0 Å². The molecular weight excluding hydrogens is 284 g/mol. The van der Waals surface area contributed by atoms with Gasteiger partial charge in [-0.2, -0.15) is 0 Å². The SMILES string of the molecule is CC1C(=O)NCC(=O)N1Cc1ccc(Br)cc1. The second-order valence-electron chi connectivity index (χ2n) is 4.04. The van der Waals surface area contributed by atoms with Crippen molar-refractivity contribution in [2.45, 2.75) is 19.5 Å². The van der Waals surface area contributed by atoms with Gasteiger partial charge >= 0.3 is 0 Å². The van der Waals surface area contributed by atoms with Crippen LogP contribution in [0, 0.1) is 0 Å². The van der Waals surface area contributed by atoms with E-state index in [-0.39, 0.29) is 18.4 Å². The molecule has 1 aromatic rings. The summed E-state index contributed by atoms with van der Waals surface area (Å²) < 4.78 is 0.997. The predicted octanol–water partition coefficient (Wildman–Crippen LogP) is 1.30. The molecule has 0 spiro atoms. The Morgan fingerprint density at radius 1 is 1.35 bits per heavy atom. The highest BCUT2D eigenvalue weighted by atomic mass is 79.9. The number of rotatable bonds is 2. The lowest BCUT2D eigenvalue weighted by atomic mass is 10.1. The summed E-state index contributed by atoms with van der Waals surface area (Å²) >= 11 is 3.36. The lowest BCUT2D eigenvalue weighted by Crippen LogP contribution is -2.56. The molecule has 1 atom stereocenters. The lowest BCUT2D eigenvalue weighted by Gasteiger charge is -2.32. The van der Waals surface area contributed by atoms with Crippen molar-refractivity contribution >= 4 is 27.7 Å². The van der Waals surface area contributed by atoms with E-state index in [4.69, 9.17) is 0 Å². The van der Waals surface area contributed by atoms with Gasteiger partial charge in [-0.15, -0.1) is 0 Å². The van der Waals surface area contributed by atoms with Gasteiger partial charge in [-0.3, -0.25) is 9.59 Å². The van der Waals surface area contributed by atoms with Crippen molar-refractivity contribution < 1.29 is 9.59 Å². The number of piperazine rings is 1. The van der Waals surface area contributed by atoms with E-state index in [0.717, 1.165) is 10.0 Å².